The molecular weight excluding hydrogens is 367 g/mol. The van der Waals surface area contributed by atoms with E-state index >= 15 is 0 Å². The van der Waals surface area contributed by atoms with E-state index in [4.69, 9.17) is 28.6 Å². The predicted molar refractivity (Wildman–Crippen MR) is 108 cm³/mol. The molecule has 26 heavy (non-hydrogen) atoms. The first-order valence-corrected chi connectivity index (χ1v) is 10.5. The number of Topliss-reactive ketones (excluding diaryl/α,β-unsaturated/α-hetero) is 1. The van der Waals surface area contributed by atoms with E-state index in [0.29, 0.717) is 40.4 Å². The van der Waals surface area contributed by atoms with Crippen molar-refractivity contribution in [2.45, 2.75) is 57.9 Å². The number of carbonyl (C=O) groups is 1. The number of piperidine rings is 1. The van der Waals surface area contributed by atoms with Gasteiger partial charge < -0.3 is 5.41 Å². The summed E-state index contributed by atoms with van der Waals surface area (Å²) in [6, 6.07) is 5.81. The van der Waals surface area contributed by atoms with Crippen LogP contribution in [0.4, 0.5) is 0 Å². The van der Waals surface area contributed by atoms with Crippen LogP contribution in [0.3, 0.4) is 0 Å². The van der Waals surface area contributed by atoms with Crippen LogP contribution >= 0.6 is 23.2 Å². The minimum absolute atomic E-state index is 0.0927. The molecule has 0 spiro atoms. The highest BCUT2D eigenvalue weighted by molar-refractivity contribution is 6.42. The van der Waals surface area contributed by atoms with E-state index in [9.17, 15) is 4.79 Å². The molecule has 0 atom stereocenters. The maximum atomic E-state index is 12.3. The molecule has 1 aromatic carbocycles. The minimum atomic E-state index is 0.0927. The lowest BCUT2D eigenvalue weighted by Crippen LogP contribution is -2.34. The van der Waals surface area contributed by atoms with Crippen molar-refractivity contribution in [3.63, 3.8) is 0 Å². The Labute approximate surface area is 166 Å². The lowest BCUT2D eigenvalue weighted by molar-refractivity contribution is -0.114. The molecule has 1 N–H and O–H groups in total. The van der Waals surface area contributed by atoms with Gasteiger partial charge in [-0.15, -0.1) is 0 Å². The summed E-state index contributed by atoms with van der Waals surface area (Å²) in [5.41, 5.74) is 1.54. The molecular formula is C21H28Cl2N2O. The van der Waals surface area contributed by atoms with E-state index in [0.717, 1.165) is 32.5 Å². The topological polar surface area (TPSA) is 44.2 Å². The van der Waals surface area contributed by atoms with Gasteiger partial charge in [0.25, 0.3) is 0 Å². The highest BCUT2D eigenvalue weighted by atomic mass is 35.5. The summed E-state index contributed by atoms with van der Waals surface area (Å²) < 4.78 is 0. The Balaban J connectivity index is 1.40. The fraction of sp³-hybridized carbons (Fsp3) is 0.619. The summed E-state index contributed by atoms with van der Waals surface area (Å²) in [6.07, 6.45) is 8.23. The Morgan fingerprint density at radius 3 is 2.31 bits per heavy atom. The van der Waals surface area contributed by atoms with Gasteiger partial charge in [0, 0.05) is 13.0 Å². The molecule has 2 fully saturated rings. The zero-order chi connectivity index (χ0) is 18.5. The molecule has 0 radical (unpaired) electrons. The number of carbonyl (C=O) groups excluding carboxylic acids is 1. The fourth-order valence-corrected chi connectivity index (χ4v) is 4.57. The molecule has 1 aliphatic heterocycles. The molecule has 0 unspecified atom stereocenters. The molecule has 0 bridgehead atoms. The van der Waals surface area contributed by atoms with Gasteiger partial charge in [0.2, 0.25) is 0 Å². The highest BCUT2D eigenvalue weighted by Gasteiger charge is 2.25. The largest absolute Gasteiger partial charge is 0.302 e. The molecule has 1 heterocycles. The molecule has 3 rings (SSSR count). The van der Waals surface area contributed by atoms with E-state index in [1.165, 1.54) is 31.2 Å². The van der Waals surface area contributed by atoms with Crippen molar-refractivity contribution in [2.24, 2.45) is 11.8 Å². The normalized spacial score (nSPS) is 19.8. The van der Waals surface area contributed by atoms with Crippen LogP contribution in [0.15, 0.2) is 18.2 Å². The van der Waals surface area contributed by atoms with Crippen LogP contribution in [-0.4, -0.2) is 29.5 Å². The molecule has 0 aromatic heterocycles. The van der Waals surface area contributed by atoms with Crippen molar-refractivity contribution < 1.29 is 4.79 Å². The molecule has 142 valence electrons. The predicted octanol–water partition coefficient (Wildman–Crippen LogP) is 5.76. The monoisotopic (exact) mass is 394 g/mol. The molecule has 1 saturated heterocycles. The van der Waals surface area contributed by atoms with Gasteiger partial charge in [-0.25, -0.2) is 0 Å². The number of ketones is 1. The maximum absolute atomic E-state index is 12.3. The molecule has 2 aliphatic rings. The van der Waals surface area contributed by atoms with Crippen molar-refractivity contribution in [1.29, 1.82) is 5.41 Å². The van der Waals surface area contributed by atoms with E-state index < -0.39 is 0 Å². The van der Waals surface area contributed by atoms with Gasteiger partial charge >= 0.3 is 0 Å². The van der Waals surface area contributed by atoms with Crippen LogP contribution < -0.4 is 0 Å². The summed E-state index contributed by atoms with van der Waals surface area (Å²) in [5, 5.41) is 9.38. The molecule has 0 amide bonds. The summed E-state index contributed by atoms with van der Waals surface area (Å²) >= 11 is 12.1. The van der Waals surface area contributed by atoms with Gasteiger partial charge in [0.05, 0.1) is 15.8 Å². The summed E-state index contributed by atoms with van der Waals surface area (Å²) in [5.74, 6) is 1.10. The first-order valence-electron chi connectivity index (χ1n) is 9.78. The third kappa shape index (κ3) is 5.55. The van der Waals surface area contributed by atoms with Gasteiger partial charge in [0.1, 0.15) is 0 Å². The quantitative estimate of drug-likeness (QED) is 0.596. The first-order chi connectivity index (χ1) is 12.5. The molecule has 1 aromatic rings. The second kappa shape index (κ2) is 9.34. The third-order valence-electron chi connectivity index (χ3n) is 5.88. The standard InChI is InChI=1S/C21H28Cl2N2O/c22-18-6-5-17(11-19(18)23)14-25-9-7-16(8-10-25)12-20(24)21(26)13-15-3-1-2-4-15/h5-6,11,15-16,24H,1-4,7-10,12-14H2. The number of benzene rings is 1. The summed E-state index contributed by atoms with van der Waals surface area (Å²) in [6.45, 7) is 2.89. The van der Waals surface area contributed by atoms with Crippen molar-refractivity contribution in [2.75, 3.05) is 13.1 Å². The van der Waals surface area contributed by atoms with Gasteiger partial charge in [0.15, 0.2) is 5.78 Å². The number of nitrogens with zero attached hydrogens (tertiary/aromatic N) is 1. The zero-order valence-electron chi connectivity index (χ0n) is 15.3. The fourth-order valence-electron chi connectivity index (χ4n) is 4.25. The van der Waals surface area contributed by atoms with Gasteiger partial charge in [-0.05, 0) is 61.9 Å². The lowest BCUT2D eigenvalue weighted by atomic mass is 9.88. The molecule has 1 aliphatic carbocycles. The zero-order valence-corrected chi connectivity index (χ0v) is 16.8. The van der Waals surface area contributed by atoms with Crippen LogP contribution in [0.2, 0.25) is 10.0 Å². The van der Waals surface area contributed by atoms with E-state index in [2.05, 4.69) is 4.90 Å². The van der Waals surface area contributed by atoms with Gasteiger partial charge in [-0.2, -0.15) is 0 Å². The van der Waals surface area contributed by atoms with Crippen LogP contribution in [0, 0.1) is 17.2 Å². The smallest absolute Gasteiger partial charge is 0.176 e. The van der Waals surface area contributed by atoms with Crippen LogP contribution in [0.5, 0.6) is 0 Å². The number of nitrogens with one attached hydrogen (secondary N) is 1. The molecule has 5 heteroatoms. The Bertz CT molecular complexity index is 647. The number of likely N-dealkylation sites (tertiary alicyclic amines) is 1. The van der Waals surface area contributed by atoms with Crippen molar-refractivity contribution in [1.82, 2.24) is 4.90 Å². The second-order valence-electron chi connectivity index (χ2n) is 7.93. The van der Waals surface area contributed by atoms with Crippen molar-refractivity contribution >= 4 is 34.7 Å². The lowest BCUT2D eigenvalue weighted by Gasteiger charge is -2.32. The van der Waals surface area contributed by atoms with Gasteiger partial charge in [-0.1, -0.05) is 55.0 Å². The van der Waals surface area contributed by atoms with Gasteiger partial charge in [-0.3, -0.25) is 9.69 Å². The molecule has 1 saturated carbocycles. The number of rotatable bonds is 7. The Morgan fingerprint density at radius 2 is 1.65 bits per heavy atom. The van der Waals surface area contributed by atoms with E-state index in [-0.39, 0.29) is 5.78 Å². The van der Waals surface area contributed by atoms with E-state index in [1.807, 2.05) is 18.2 Å². The van der Waals surface area contributed by atoms with E-state index in [1.54, 1.807) is 0 Å². The van der Waals surface area contributed by atoms with Crippen molar-refractivity contribution in [3.05, 3.63) is 33.8 Å². The maximum Gasteiger partial charge on any atom is 0.176 e. The average molecular weight is 395 g/mol. The minimum Gasteiger partial charge on any atom is -0.302 e. The molecule has 3 nitrogen and oxygen atoms in total. The van der Waals surface area contributed by atoms with Crippen LogP contribution in [0.1, 0.15) is 56.9 Å². The number of hydrogen-bond acceptors (Lipinski definition) is 3. The number of halogens is 2. The van der Waals surface area contributed by atoms with Crippen LogP contribution in [0.25, 0.3) is 0 Å². The Kier molecular flexibility index (Phi) is 7.13. The van der Waals surface area contributed by atoms with Crippen LogP contribution in [-0.2, 0) is 11.3 Å². The third-order valence-corrected chi connectivity index (χ3v) is 6.61. The summed E-state index contributed by atoms with van der Waals surface area (Å²) in [4.78, 5) is 14.7. The Hall–Kier alpha value is -0.900. The SMILES string of the molecule is N=C(CC1CCN(Cc2ccc(Cl)c(Cl)c2)CC1)C(=O)CC1CCCC1. The summed E-state index contributed by atoms with van der Waals surface area (Å²) in [7, 11) is 0. The van der Waals surface area contributed by atoms with Crippen molar-refractivity contribution in [3.8, 4) is 0 Å². The average Bonchev–Trinajstić information content (AvgIpc) is 3.13. The number of hydrogen-bond donors (Lipinski definition) is 1. The highest BCUT2D eigenvalue weighted by Crippen LogP contribution is 2.29. The Morgan fingerprint density at radius 1 is 1.00 bits per heavy atom. The second-order valence-corrected chi connectivity index (χ2v) is 8.74. The first kappa shape index (κ1) is 19.9.